The highest BCUT2D eigenvalue weighted by Gasteiger charge is 2.09. The highest BCUT2D eigenvalue weighted by Crippen LogP contribution is 2.15. The SMILES string of the molecule is CCCCCCCCCCCCCCCCCC(=O)NCCN(CCC#[N+]CC)CCNC(=O)CCCCCCCCCCCCCCCCC. The molecule has 0 radical (unpaired) electrons. The van der Waals surface area contributed by atoms with Crippen molar-refractivity contribution in [1.82, 2.24) is 15.5 Å². The first-order valence-electron chi connectivity index (χ1n) is 22.8. The molecule has 0 aliphatic carbocycles. The summed E-state index contributed by atoms with van der Waals surface area (Å²) < 4.78 is 0. The Hall–Kier alpha value is -1.61. The fraction of sp³-hybridized carbons (Fsp3) is 0.933. The molecule has 0 saturated heterocycles. The van der Waals surface area contributed by atoms with Crippen molar-refractivity contribution in [3.05, 3.63) is 4.85 Å². The van der Waals surface area contributed by atoms with Crippen LogP contribution in [-0.4, -0.2) is 56.0 Å². The number of carbonyl (C=O) groups excluding carboxylic acids is 2. The lowest BCUT2D eigenvalue weighted by atomic mass is 10.0. The molecule has 6 heteroatoms. The first kappa shape index (κ1) is 49.4. The first-order valence-corrected chi connectivity index (χ1v) is 22.8. The van der Waals surface area contributed by atoms with Gasteiger partial charge in [-0.3, -0.25) is 14.5 Å². The van der Waals surface area contributed by atoms with Gasteiger partial charge in [0.15, 0.2) is 0 Å². The summed E-state index contributed by atoms with van der Waals surface area (Å²) in [6.45, 7) is 11.1. The molecule has 0 aromatic heterocycles. The molecule has 0 atom stereocenters. The van der Waals surface area contributed by atoms with Crippen molar-refractivity contribution in [2.75, 3.05) is 39.3 Å². The van der Waals surface area contributed by atoms with Crippen molar-refractivity contribution in [2.24, 2.45) is 0 Å². The van der Waals surface area contributed by atoms with Crippen molar-refractivity contribution < 1.29 is 9.59 Å². The third kappa shape index (κ3) is 41.0. The van der Waals surface area contributed by atoms with Crippen LogP contribution in [0.25, 0.3) is 4.85 Å². The summed E-state index contributed by atoms with van der Waals surface area (Å²) in [4.78, 5) is 31.4. The zero-order valence-electron chi connectivity index (χ0n) is 34.8. The number of nitrogens with one attached hydrogen (secondary N) is 2. The quantitative estimate of drug-likeness (QED) is 0.0620. The third-order valence-electron chi connectivity index (χ3n) is 10.3. The minimum Gasteiger partial charge on any atom is -0.355 e. The predicted molar refractivity (Wildman–Crippen MR) is 224 cm³/mol. The second kappa shape index (κ2) is 42.8. The average molecular weight is 718 g/mol. The third-order valence-corrected chi connectivity index (χ3v) is 10.3. The van der Waals surface area contributed by atoms with Gasteiger partial charge in [0, 0.05) is 52.5 Å². The number of unbranched alkanes of at least 4 members (excludes halogenated alkanes) is 28. The van der Waals surface area contributed by atoms with Gasteiger partial charge >= 0.3 is 0 Å². The molecule has 0 aromatic rings. The first-order chi connectivity index (χ1) is 25.1. The van der Waals surface area contributed by atoms with E-state index in [9.17, 15) is 9.59 Å². The molecule has 2 amide bonds. The molecule has 0 aromatic carbocycles. The molecule has 0 aliphatic rings. The van der Waals surface area contributed by atoms with E-state index in [1.54, 1.807) is 0 Å². The monoisotopic (exact) mass is 718 g/mol. The Morgan fingerprint density at radius 3 is 1.02 bits per heavy atom. The molecule has 0 unspecified atom stereocenters. The van der Waals surface area contributed by atoms with Crippen LogP contribution in [-0.2, 0) is 9.59 Å². The molecular formula is C45H89N4O2+. The lowest BCUT2D eigenvalue weighted by Crippen LogP contribution is -2.40. The summed E-state index contributed by atoms with van der Waals surface area (Å²) >= 11 is 0. The maximum atomic E-state index is 12.4. The van der Waals surface area contributed by atoms with Crippen LogP contribution in [0.1, 0.15) is 233 Å². The Bertz CT molecular complexity index is 741. The Kier molecular flexibility index (Phi) is 41.4. The van der Waals surface area contributed by atoms with Crippen LogP contribution in [0.5, 0.6) is 0 Å². The molecule has 0 saturated carbocycles. The van der Waals surface area contributed by atoms with Crippen LogP contribution in [0, 0.1) is 6.07 Å². The van der Waals surface area contributed by atoms with E-state index >= 15 is 0 Å². The Morgan fingerprint density at radius 1 is 0.431 bits per heavy atom. The number of hydrogen-bond donors (Lipinski definition) is 2. The standard InChI is InChI=1S/C45H88N4O2/c1-4-7-9-11-13-15-17-19-21-23-25-27-29-31-33-36-44(50)47-39-42-49(41-35-38-46-6-3)43-40-48-45(51)37-34-32-30-28-26-24-22-20-18-16-14-12-10-8-5-2/h4-37,39-43H2,1-3H3,(H-,47,48,50,51)/p+1. The summed E-state index contributed by atoms with van der Waals surface area (Å²) in [7, 11) is 0. The van der Waals surface area contributed by atoms with E-state index in [4.69, 9.17) is 0 Å². The summed E-state index contributed by atoms with van der Waals surface area (Å²) in [6, 6.07) is 3.12. The lowest BCUT2D eigenvalue weighted by Gasteiger charge is -2.21. The number of carbonyl (C=O) groups is 2. The van der Waals surface area contributed by atoms with E-state index in [-0.39, 0.29) is 11.8 Å². The van der Waals surface area contributed by atoms with Crippen LogP contribution >= 0.6 is 0 Å². The van der Waals surface area contributed by atoms with Gasteiger partial charge in [0.05, 0.1) is 6.42 Å². The second-order valence-electron chi connectivity index (χ2n) is 15.3. The van der Waals surface area contributed by atoms with Gasteiger partial charge in [-0.1, -0.05) is 198 Å². The number of hydrogen-bond acceptors (Lipinski definition) is 3. The van der Waals surface area contributed by atoms with Crippen LogP contribution in [0.4, 0.5) is 0 Å². The highest BCUT2D eigenvalue weighted by molar-refractivity contribution is 5.76. The minimum absolute atomic E-state index is 0.167. The van der Waals surface area contributed by atoms with Gasteiger partial charge in [-0.15, -0.1) is 0 Å². The number of amides is 2. The Labute approximate surface area is 319 Å². The molecule has 300 valence electrons. The summed E-state index contributed by atoms with van der Waals surface area (Å²) in [5.74, 6) is 0.334. The fourth-order valence-electron chi connectivity index (χ4n) is 6.93. The van der Waals surface area contributed by atoms with Gasteiger partial charge in [-0.05, 0) is 12.8 Å². The second-order valence-corrected chi connectivity index (χ2v) is 15.3. The maximum Gasteiger partial charge on any atom is 0.274 e. The molecule has 0 bridgehead atoms. The fourth-order valence-corrected chi connectivity index (χ4v) is 6.93. The zero-order valence-corrected chi connectivity index (χ0v) is 34.8. The van der Waals surface area contributed by atoms with E-state index in [0.717, 1.165) is 58.3 Å². The normalized spacial score (nSPS) is 11.1. The predicted octanol–water partition coefficient (Wildman–Crippen LogP) is 12.8. The van der Waals surface area contributed by atoms with E-state index in [1.165, 1.54) is 167 Å². The topological polar surface area (TPSA) is 65.8 Å². The van der Waals surface area contributed by atoms with Crippen LogP contribution < -0.4 is 10.6 Å². The van der Waals surface area contributed by atoms with Gasteiger partial charge in [-0.2, -0.15) is 0 Å². The van der Waals surface area contributed by atoms with Crippen molar-refractivity contribution in [3.8, 4) is 6.07 Å². The van der Waals surface area contributed by atoms with Crippen LogP contribution in [0.15, 0.2) is 0 Å². The van der Waals surface area contributed by atoms with Crippen molar-refractivity contribution in [1.29, 1.82) is 0 Å². The molecule has 0 fully saturated rings. The van der Waals surface area contributed by atoms with E-state index in [2.05, 4.69) is 40.3 Å². The van der Waals surface area contributed by atoms with Gasteiger partial charge in [0.25, 0.3) is 12.6 Å². The Balaban J connectivity index is 3.81. The summed E-state index contributed by atoms with van der Waals surface area (Å²) in [5, 5.41) is 6.25. The zero-order chi connectivity index (χ0) is 37.1. The number of rotatable bonds is 40. The van der Waals surface area contributed by atoms with E-state index < -0.39 is 0 Å². The van der Waals surface area contributed by atoms with Crippen LogP contribution in [0.2, 0.25) is 0 Å². The smallest absolute Gasteiger partial charge is 0.274 e. The maximum absolute atomic E-state index is 12.4. The molecule has 0 heterocycles. The van der Waals surface area contributed by atoms with Gasteiger partial charge in [0.2, 0.25) is 11.8 Å². The van der Waals surface area contributed by atoms with Crippen LogP contribution in [0.3, 0.4) is 0 Å². The minimum atomic E-state index is 0.167. The molecule has 0 rings (SSSR count). The number of nitrogens with zero attached hydrogens (tertiary/aromatic N) is 2. The molecular weight excluding hydrogens is 629 g/mol. The molecule has 51 heavy (non-hydrogen) atoms. The van der Waals surface area contributed by atoms with Crippen molar-refractivity contribution >= 4 is 11.8 Å². The summed E-state index contributed by atoms with van der Waals surface area (Å²) in [5.41, 5.74) is 0. The van der Waals surface area contributed by atoms with E-state index in [0.29, 0.717) is 25.9 Å². The largest absolute Gasteiger partial charge is 0.355 e. The average Bonchev–Trinajstić information content (AvgIpc) is 3.13. The molecule has 0 aliphatic heterocycles. The molecule has 2 N–H and O–H groups in total. The molecule has 0 spiro atoms. The Morgan fingerprint density at radius 2 is 0.725 bits per heavy atom. The summed E-state index contributed by atoms with van der Waals surface area (Å²) in [6.07, 6.45) is 42.2. The van der Waals surface area contributed by atoms with Gasteiger partial charge < -0.3 is 10.6 Å². The van der Waals surface area contributed by atoms with E-state index in [1.807, 2.05) is 6.92 Å². The van der Waals surface area contributed by atoms with Crippen molar-refractivity contribution in [3.63, 3.8) is 0 Å². The van der Waals surface area contributed by atoms with Crippen molar-refractivity contribution in [2.45, 2.75) is 233 Å². The van der Waals surface area contributed by atoms with Gasteiger partial charge in [0.1, 0.15) is 0 Å². The van der Waals surface area contributed by atoms with Gasteiger partial charge in [-0.25, -0.2) is 0 Å². The highest BCUT2D eigenvalue weighted by atomic mass is 16.2. The molecule has 6 nitrogen and oxygen atoms in total. The lowest BCUT2D eigenvalue weighted by molar-refractivity contribution is -0.121.